The number of fused-ring (bicyclic) bond motifs is 1. The molecule has 0 aromatic heterocycles. The molecule has 0 unspecified atom stereocenters. The standard InChI is InChI=1S/C15H18N2O/c1-3-9-6-5-7-11-13(9)10(4-2)8-12(18)14(11)15(16)17/h5-8,18H,3-4H2,1-2H3,(H3,16,17). The first-order valence-corrected chi connectivity index (χ1v) is 6.20. The second-order valence-electron chi connectivity index (χ2n) is 4.39. The molecule has 2 rings (SSSR count). The summed E-state index contributed by atoms with van der Waals surface area (Å²) in [6.07, 6.45) is 1.77. The average Bonchev–Trinajstić information content (AvgIpc) is 2.36. The van der Waals surface area contributed by atoms with Crippen LogP contribution in [0.5, 0.6) is 5.75 Å². The highest BCUT2D eigenvalue weighted by atomic mass is 16.3. The summed E-state index contributed by atoms with van der Waals surface area (Å²) < 4.78 is 0. The molecule has 3 heteroatoms. The summed E-state index contributed by atoms with van der Waals surface area (Å²) in [5, 5.41) is 19.7. The van der Waals surface area contributed by atoms with Gasteiger partial charge in [-0.3, -0.25) is 5.41 Å². The van der Waals surface area contributed by atoms with E-state index in [1.807, 2.05) is 12.1 Å². The predicted octanol–water partition coefficient (Wildman–Crippen LogP) is 2.95. The summed E-state index contributed by atoms with van der Waals surface area (Å²) in [7, 11) is 0. The number of hydrogen-bond donors (Lipinski definition) is 3. The van der Waals surface area contributed by atoms with Crippen LogP contribution in [0.2, 0.25) is 0 Å². The largest absolute Gasteiger partial charge is 0.507 e. The van der Waals surface area contributed by atoms with Gasteiger partial charge in [0.05, 0.1) is 5.56 Å². The van der Waals surface area contributed by atoms with Gasteiger partial charge in [-0.15, -0.1) is 0 Å². The summed E-state index contributed by atoms with van der Waals surface area (Å²) in [4.78, 5) is 0. The molecular weight excluding hydrogens is 224 g/mol. The second kappa shape index (κ2) is 4.69. The van der Waals surface area contributed by atoms with Crippen molar-refractivity contribution in [3.63, 3.8) is 0 Å². The van der Waals surface area contributed by atoms with Crippen LogP contribution in [-0.2, 0) is 12.8 Å². The molecule has 0 spiro atoms. The van der Waals surface area contributed by atoms with Crippen LogP contribution in [0, 0.1) is 5.41 Å². The zero-order chi connectivity index (χ0) is 13.3. The van der Waals surface area contributed by atoms with Gasteiger partial charge in [0.2, 0.25) is 0 Å². The molecule has 0 aliphatic heterocycles. The van der Waals surface area contributed by atoms with E-state index in [2.05, 4.69) is 19.9 Å². The highest BCUT2D eigenvalue weighted by Crippen LogP contribution is 2.33. The van der Waals surface area contributed by atoms with E-state index < -0.39 is 0 Å². The lowest BCUT2D eigenvalue weighted by atomic mass is 9.92. The van der Waals surface area contributed by atoms with Gasteiger partial charge < -0.3 is 10.8 Å². The van der Waals surface area contributed by atoms with Crippen molar-refractivity contribution in [2.45, 2.75) is 26.7 Å². The molecule has 2 aromatic rings. The van der Waals surface area contributed by atoms with Gasteiger partial charge in [0.1, 0.15) is 11.6 Å². The second-order valence-corrected chi connectivity index (χ2v) is 4.39. The lowest BCUT2D eigenvalue weighted by Crippen LogP contribution is -2.12. The van der Waals surface area contributed by atoms with E-state index in [9.17, 15) is 5.11 Å². The Kier molecular flexibility index (Phi) is 3.24. The number of nitrogen functional groups attached to an aromatic ring is 1. The van der Waals surface area contributed by atoms with Crippen LogP contribution in [0.1, 0.15) is 30.5 Å². The maximum atomic E-state index is 10.0. The molecule has 0 radical (unpaired) electrons. The van der Waals surface area contributed by atoms with E-state index in [1.165, 1.54) is 5.56 Å². The normalized spacial score (nSPS) is 10.8. The smallest absolute Gasteiger partial charge is 0.127 e. The number of phenolic OH excluding ortho intramolecular Hbond substituents is 1. The molecule has 94 valence electrons. The summed E-state index contributed by atoms with van der Waals surface area (Å²) >= 11 is 0. The van der Waals surface area contributed by atoms with Crippen LogP contribution in [-0.4, -0.2) is 10.9 Å². The number of amidine groups is 1. The molecule has 18 heavy (non-hydrogen) atoms. The van der Waals surface area contributed by atoms with Crippen LogP contribution in [0.3, 0.4) is 0 Å². The van der Waals surface area contributed by atoms with Crippen molar-refractivity contribution in [1.82, 2.24) is 0 Å². The van der Waals surface area contributed by atoms with Crippen molar-refractivity contribution in [3.8, 4) is 5.75 Å². The van der Waals surface area contributed by atoms with Crippen molar-refractivity contribution in [3.05, 3.63) is 41.0 Å². The van der Waals surface area contributed by atoms with E-state index >= 15 is 0 Å². The summed E-state index contributed by atoms with van der Waals surface area (Å²) in [6.45, 7) is 4.17. The van der Waals surface area contributed by atoms with Gasteiger partial charge in [-0.05, 0) is 40.8 Å². The first kappa shape index (κ1) is 12.4. The maximum Gasteiger partial charge on any atom is 0.127 e. The number of aromatic hydroxyl groups is 1. The third-order valence-corrected chi connectivity index (χ3v) is 3.34. The van der Waals surface area contributed by atoms with E-state index in [-0.39, 0.29) is 11.6 Å². The Balaban J connectivity index is 2.97. The molecule has 0 heterocycles. The number of nitrogens with two attached hydrogens (primary N) is 1. The molecular formula is C15H18N2O. The van der Waals surface area contributed by atoms with Gasteiger partial charge in [-0.2, -0.15) is 0 Å². The first-order chi connectivity index (χ1) is 8.60. The number of rotatable bonds is 3. The van der Waals surface area contributed by atoms with Crippen molar-refractivity contribution in [1.29, 1.82) is 5.41 Å². The molecule has 0 saturated heterocycles. The van der Waals surface area contributed by atoms with Crippen LogP contribution in [0.15, 0.2) is 24.3 Å². The first-order valence-electron chi connectivity index (χ1n) is 6.20. The summed E-state index contributed by atoms with van der Waals surface area (Å²) in [5.41, 5.74) is 8.36. The predicted molar refractivity (Wildman–Crippen MR) is 75.4 cm³/mol. The van der Waals surface area contributed by atoms with E-state index in [0.717, 1.165) is 29.2 Å². The van der Waals surface area contributed by atoms with E-state index in [1.54, 1.807) is 6.07 Å². The third kappa shape index (κ3) is 1.82. The molecule has 0 aliphatic carbocycles. The highest BCUT2D eigenvalue weighted by Gasteiger charge is 2.14. The van der Waals surface area contributed by atoms with Crippen molar-refractivity contribution >= 4 is 16.6 Å². The number of aryl methyl sites for hydroxylation is 2. The van der Waals surface area contributed by atoms with E-state index in [0.29, 0.717) is 5.56 Å². The molecule has 0 atom stereocenters. The van der Waals surface area contributed by atoms with Crippen LogP contribution >= 0.6 is 0 Å². The Morgan fingerprint density at radius 2 is 1.89 bits per heavy atom. The third-order valence-electron chi connectivity index (χ3n) is 3.34. The summed E-state index contributed by atoms with van der Waals surface area (Å²) in [6, 6.07) is 7.69. The van der Waals surface area contributed by atoms with Gasteiger partial charge in [-0.25, -0.2) is 0 Å². The van der Waals surface area contributed by atoms with Gasteiger partial charge >= 0.3 is 0 Å². The molecule has 0 bridgehead atoms. The van der Waals surface area contributed by atoms with Gasteiger partial charge in [0.25, 0.3) is 0 Å². The molecule has 2 aromatic carbocycles. The number of nitrogens with one attached hydrogen (secondary N) is 1. The highest BCUT2D eigenvalue weighted by molar-refractivity contribution is 6.11. The van der Waals surface area contributed by atoms with Gasteiger partial charge in [0, 0.05) is 0 Å². The Labute approximate surface area is 107 Å². The number of phenols is 1. The quantitative estimate of drug-likeness (QED) is 0.572. The average molecular weight is 242 g/mol. The Bertz CT molecular complexity index is 617. The van der Waals surface area contributed by atoms with Gasteiger partial charge in [0.15, 0.2) is 0 Å². The molecule has 0 amide bonds. The fourth-order valence-corrected chi connectivity index (χ4v) is 2.49. The monoisotopic (exact) mass is 242 g/mol. The summed E-state index contributed by atoms with van der Waals surface area (Å²) in [5.74, 6) is 0.00788. The lowest BCUT2D eigenvalue weighted by molar-refractivity contribution is 0.474. The molecule has 0 fully saturated rings. The SMILES string of the molecule is CCc1cccc2c(C(=N)N)c(O)cc(CC)c12. The Morgan fingerprint density at radius 3 is 2.44 bits per heavy atom. The molecule has 4 N–H and O–H groups in total. The van der Waals surface area contributed by atoms with Crippen LogP contribution in [0.25, 0.3) is 10.8 Å². The van der Waals surface area contributed by atoms with Crippen molar-refractivity contribution < 1.29 is 5.11 Å². The van der Waals surface area contributed by atoms with Crippen molar-refractivity contribution in [2.75, 3.05) is 0 Å². The maximum absolute atomic E-state index is 10.0. The molecule has 3 nitrogen and oxygen atoms in total. The minimum absolute atomic E-state index is 0.0894. The fourth-order valence-electron chi connectivity index (χ4n) is 2.49. The number of benzene rings is 2. The van der Waals surface area contributed by atoms with Crippen molar-refractivity contribution in [2.24, 2.45) is 5.73 Å². The topological polar surface area (TPSA) is 70.1 Å². The Hall–Kier alpha value is -2.03. The zero-order valence-electron chi connectivity index (χ0n) is 10.7. The number of hydrogen-bond acceptors (Lipinski definition) is 2. The van der Waals surface area contributed by atoms with E-state index in [4.69, 9.17) is 11.1 Å². The van der Waals surface area contributed by atoms with Crippen LogP contribution < -0.4 is 5.73 Å². The lowest BCUT2D eigenvalue weighted by Gasteiger charge is -2.14. The molecule has 0 aliphatic rings. The van der Waals surface area contributed by atoms with Crippen LogP contribution in [0.4, 0.5) is 0 Å². The minimum atomic E-state index is -0.0894. The minimum Gasteiger partial charge on any atom is -0.507 e. The molecule has 0 saturated carbocycles. The zero-order valence-corrected chi connectivity index (χ0v) is 10.7. The van der Waals surface area contributed by atoms with Gasteiger partial charge in [-0.1, -0.05) is 32.0 Å². The fraction of sp³-hybridized carbons (Fsp3) is 0.267. The Morgan fingerprint density at radius 1 is 1.22 bits per heavy atom.